The first-order valence-electron chi connectivity index (χ1n) is 4.24. The molecule has 4 N–H and O–H groups in total. The molecule has 68 valence electrons. The summed E-state index contributed by atoms with van der Waals surface area (Å²) in [5.74, 6) is 0. The number of hydrogen-bond acceptors (Lipinski definition) is 3. The molecule has 0 aliphatic carbocycles. The minimum absolute atomic E-state index is 0.164. The van der Waals surface area contributed by atoms with Crippen LogP contribution < -0.4 is 11.1 Å². The Morgan fingerprint density at radius 2 is 2.00 bits per heavy atom. The van der Waals surface area contributed by atoms with Crippen LogP contribution >= 0.6 is 0 Å². The molecule has 4 heteroatoms. The maximum absolute atomic E-state index is 5.94. The van der Waals surface area contributed by atoms with Crippen molar-refractivity contribution in [3.63, 3.8) is 0 Å². The monoisotopic (exact) mass is 176 g/mol. The van der Waals surface area contributed by atoms with Crippen molar-refractivity contribution in [2.45, 2.75) is 45.5 Å². The van der Waals surface area contributed by atoms with Gasteiger partial charge in [0.05, 0.1) is 6.23 Å². The third-order valence-corrected chi connectivity index (χ3v) is 3.90. The molecule has 0 radical (unpaired) electrons. The molecular formula is C7H20N2OSi. The summed E-state index contributed by atoms with van der Waals surface area (Å²) in [7, 11) is -1.91. The van der Waals surface area contributed by atoms with Gasteiger partial charge in [-0.3, -0.25) is 0 Å². The molecular weight excluding hydrogens is 156 g/mol. The van der Waals surface area contributed by atoms with E-state index in [2.05, 4.69) is 6.92 Å². The standard InChI is InChI=1S/C7H20N2OSi/c1-4-6-11(3,9)10-7(8)5-2/h7H,4-6,8-9H2,1-3H3. The number of hydrogen-bond donors (Lipinski definition) is 2. The van der Waals surface area contributed by atoms with Crippen LogP contribution in [-0.4, -0.2) is 14.7 Å². The van der Waals surface area contributed by atoms with Gasteiger partial charge in [-0.2, -0.15) is 0 Å². The average Bonchev–Trinajstić information content (AvgIpc) is 1.86. The second kappa shape index (κ2) is 4.87. The van der Waals surface area contributed by atoms with Crippen molar-refractivity contribution in [2.75, 3.05) is 0 Å². The van der Waals surface area contributed by atoms with E-state index in [1.54, 1.807) is 0 Å². The maximum atomic E-state index is 5.94. The Morgan fingerprint density at radius 1 is 1.45 bits per heavy atom. The summed E-state index contributed by atoms with van der Waals surface area (Å²) in [6.07, 6.45) is 1.75. The van der Waals surface area contributed by atoms with Gasteiger partial charge in [0.25, 0.3) is 8.48 Å². The van der Waals surface area contributed by atoms with E-state index in [9.17, 15) is 0 Å². The summed E-state index contributed by atoms with van der Waals surface area (Å²) < 4.78 is 5.52. The van der Waals surface area contributed by atoms with Gasteiger partial charge >= 0.3 is 0 Å². The summed E-state index contributed by atoms with van der Waals surface area (Å²) in [5.41, 5.74) is 5.62. The SMILES string of the molecule is CCC[Si](C)(N)OC(N)CC. The van der Waals surface area contributed by atoms with Crippen LogP contribution in [0.2, 0.25) is 12.6 Å². The highest BCUT2D eigenvalue weighted by Crippen LogP contribution is 2.09. The summed E-state index contributed by atoms with van der Waals surface area (Å²) in [4.78, 5) is 0. The van der Waals surface area contributed by atoms with E-state index in [1.165, 1.54) is 0 Å². The Labute approximate surface area is 70.3 Å². The van der Waals surface area contributed by atoms with Crippen LogP contribution in [0.1, 0.15) is 26.7 Å². The fourth-order valence-corrected chi connectivity index (χ4v) is 2.95. The molecule has 0 aliphatic rings. The molecule has 11 heavy (non-hydrogen) atoms. The molecule has 0 saturated heterocycles. The van der Waals surface area contributed by atoms with Crippen LogP contribution in [0.25, 0.3) is 0 Å². The molecule has 0 fully saturated rings. The highest BCUT2D eigenvalue weighted by atomic mass is 28.4. The van der Waals surface area contributed by atoms with Gasteiger partial charge in [0.15, 0.2) is 0 Å². The molecule has 0 rings (SSSR count). The lowest BCUT2D eigenvalue weighted by atomic mass is 10.5. The van der Waals surface area contributed by atoms with Crippen LogP contribution in [-0.2, 0) is 4.43 Å². The molecule has 0 heterocycles. The molecule has 0 bridgehead atoms. The number of nitrogens with two attached hydrogens (primary N) is 2. The van der Waals surface area contributed by atoms with Gasteiger partial charge in [0.1, 0.15) is 0 Å². The minimum Gasteiger partial charge on any atom is -0.388 e. The van der Waals surface area contributed by atoms with Crippen molar-refractivity contribution in [2.24, 2.45) is 11.1 Å². The van der Waals surface area contributed by atoms with E-state index in [0.29, 0.717) is 0 Å². The molecule has 2 unspecified atom stereocenters. The van der Waals surface area contributed by atoms with Crippen molar-refractivity contribution >= 4 is 8.48 Å². The van der Waals surface area contributed by atoms with Gasteiger partial charge in [-0.05, 0) is 19.0 Å². The van der Waals surface area contributed by atoms with Gasteiger partial charge in [-0.1, -0.05) is 20.3 Å². The fourth-order valence-electron chi connectivity index (χ4n) is 0.984. The molecule has 0 spiro atoms. The molecule has 3 nitrogen and oxygen atoms in total. The molecule has 0 aliphatic heterocycles. The first-order chi connectivity index (χ1) is 5.02. The summed E-state index contributed by atoms with van der Waals surface area (Å²) in [5, 5.41) is 5.94. The fraction of sp³-hybridized carbons (Fsp3) is 1.00. The predicted octanol–water partition coefficient (Wildman–Crippen LogP) is 1.14. The van der Waals surface area contributed by atoms with Gasteiger partial charge in [-0.15, -0.1) is 0 Å². The van der Waals surface area contributed by atoms with E-state index in [0.717, 1.165) is 18.9 Å². The highest BCUT2D eigenvalue weighted by molar-refractivity contribution is 6.69. The predicted molar refractivity (Wildman–Crippen MR) is 50.3 cm³/mol. The van der Waals surface area contributed by atoms with Gasteiger partial charge in [-0.25, -0.2) is 0 Å². The summed E-state index contributed by atoms with van der Waals surface area (Å²) >= 11 is 0. The summed E-state index contributed by atoms with van der Waals surface area (Å²) in [6, 6.07) is 0.987. The molecule has 2 atom stereocenters. The lowest BCUT2D eigenvalue weighted by Gasteiger charge is -2.25. The Kier molecular flexibility index (Phi) is 4.91. The van der Waals surface area contributed by atoms with Crippen LogP contribution in [0.3, 0.4) is 0 Å². The van der Waals surface area contributed by atoms with E-state index < -0.39 is 8.48 Å². The van der Waals surface area contributed by atoms with Crippen LogP contribution in [0, 0.1) is 0 Å². The smallest absolute Gasteiger partial charge is 0.264 e. The van der Waals surface area contributed by atoms with Crippen molar-refractivity contribution in [1.29, 1.82) is 0 Å². The highest BCUT2D eigenvalue weighted by Gasteiger charge is 2.24. The van der Waals surface area contributed by atoms with Crippen LogP contribution in [0.4, 0.5) is 0 Å². The Morgan fingerprint density at radius 3 is 2.36 bits per heavy atom. The van der Waals surface area contributed by atoms with Crippen molar-refractivity contribution in [3.8, 4) is 0 Å². The van der Waals surface area contributed by atoms with Crippen molar-refractivity contribution < 1.29 is 4.43 Å². The second-order valence-electron chi connectivity index (χ2n) is 3.13. The maximum Gasteiger partial charge on any atom is 0.264 e. The zero-order chi connectivity index (χ0) is 8.91. The molecule has 0 saturated carbocycles. The van der Waals surface area contributed by atoms with E-state index in [4.69, 9.17) is 15.6 Å². The minimum atomic E-state index is -1.91. The van der Waals surface area contributed by atoms with Gasteiger partial charge in [0.2, 0.25) is 0 Å². The Bertz CT molecular complexity index is 109. The molecule has 0 aromatic heterocycles. The quantitative estimate of drug-likeness (QED) is 0.488. The van der Waals surface area contributed by atoms with Gasteiger partial charge in [0, 0.05) is 0 Å². The van der Waals surface area contributed by atoms with Crippen LogP contribution in [0.15, 0.2) is 0 Å². The van der Waals surface area contributed by atoms with E-state index in [-0.39, 0.29) is 6.23 Å². The lowest BCUT2D eigenvalue weighted by molar-refractivity contribution is 0.191. The van der Waals surface area contributed by atoms with Crippen LogP contribution in [0.5, 0.6) is 0 Å². The molecule has 0 amide bonds. The van der Waals surface area contributed by atoms with Gasteiger partial charge < -0.3 is 15.6 Å². The summed E-state index contributed by atoms with van der Waals surface area (Å²) in [6.45, 7) is 6.12. The molecule has 0 aromatic carbocycles. The van der Waals surface area contributed by atoms with Crippen molar-refractivity contribution in [3.05, 3.63) is 0 Å². The van der Waals surface area contributed by atoms with E-state index >= 15 is 0 Å². The topological polar surface area (TPSA) is 61.3 Å². The Hall–Kier alpha value is 0.0969. The normalized spacial score (nSPS) is 19.4. The first-order valence-corrected chi connectivity index (χ1v) is 6.93. The third-order valence-electron chi connectivity index (χ3n) is 1.57. The largest absolute Gasteiger partial charge is 0.388 e. The second-order valence-corrected chi connectivity index (χ2v) is 6.49. The average molecular weight is 176 g/mol. The zero-order valence-electron chi connectivity index (χ0n) is 7.76. The lowest BCUT2D eigenvalue weighted by Crippen LogP contribution is -2.50. The third kappa shape index (κ3) is 5.38. The van der Waals surface area contributed by atoms with Crippen molar-refractivity contribution in [1.82, 2.24) is 0 Å². The van der Waals surface area contributed by atoms with E-state index in [1.807, 2.05) is 13.5 Å². The molecule has 0 aromatic rings. The number of rotatable bonds is 5. The Balaban J connectivity index is 3.70. The first kappa shape index (κ1) is 11.1. The zero-order valence-corrected chi connectivity index (χ0v) is 8.76.